The van der Waals surface area contributed by atoms with Crippen LogP contribution in [0.25, 0.3) is 0 Å². The Hall–Kier alpha value is -1.12. The lowest BCUT2D eigenvalue weighted by Gasteiger charge is -2.33. The van der Waals surface area contributed by atoms with Gasteiger partial charge in [0.25, 0.3) is 0 Å². The van der Waals surface area contributed by atoms with Crippen LogP contribution in [-0.2, 0) is 4.79 Å². The molecule has 1 rings (SSSR count). The molecule has 0 heterocycles. The molecule has 1 fully saturated rings. The summed E-state index contributed by atoms with van der Waals surface area (Å²) in [4.78, 5) is 22.8. The minimum atomic E-state index is -4.31. The first-order valence-electron chi connectivity index (χ1n) is 6.71. The molecule has 5 nitrogen and oxygen atoms in total. The van der Waals surface area contributed by atoms with E-state index in [1.54, 1.807) is 0 Å². The Morgan fingerprint density at radius 3 is 2.29 bits per heavy atom. The SMILES string of the molecule is O=C(NCCSC(F)(F)F)NCC1(C(=O)O)CCCCC1. The van der Waals surface area contributed by atoms with Gasteiger partial charge in [0.05, 0.1) is 5.41 Å². The molecule has 0 atom stereocenters. The summed E-state index contributed by atoms with van der Waals surface area (Å²) in [5.74, 6) is -1.21. The number of urea groups is 1. The monoisotopic (exact) mass is 328 g/mol. The van der Waals surface area contributed by atoms with Crippen LogP contribution in [-0.4, -0.2) is 41.5 Å². The fourth-order valence-corrected chi connectivity index (χ4v) is 2.77. The van der Waals surface area contributed by atoms with Gasteiger partial charge in [-0.05, 0) is 24.6 Å². The van der Waals surface area contributed by atoms with Crippen molar-refractivity contribution >= 4 is 23.8 Å². The first kappa shape index (κ1) is 17.9. The number of alkyl halides is 3. The number of carbonyl (C=O) groups excluding carboxylic acids is 1. The van der Waals surface area contributed by atoms with Gasteiger partial charge in [-0.1, -0.05) is 19.3 Å². The van der Waals surface area contributed by atoms with Gasteiger partial charge in [0.2, 0.25) is 0 Å². The molecule has 0 unspecified atom stereocenters. The van der Waals surface area contributed by atoms with Crippen LogP contribution < -0.4 is 10.6 Å². The van der Waals surface area contributed by atoms with Crippen LogP contribution in [0.15, 0.2) is 0 Å². The minimum Gasteiger partial charge on any atom is -0.481 e. The molecule has 9 heteroatoms. The summed E-state index contributed by atoms with van der Waals surface area (Å²) in [6.07, 6.45) is 3.60. The van der Waals surface area contributed by atoms with Crippen LogP contribution in [0.1, 0.15) is 32.1 Å². The zero-order chi connectivity index (χ0) is 15.9. The number of amides is 2. The van der Waals surface area contributed by atoms with E-state index in [0.717, 1.165) is 19.3 Å². The van der Waals surface area contributed by atoms with Crippen LogP contribution in [0.2, 0.25) is 0 Å². The van der Waals surface area contributed by atoms with Crippen molar-refractivity contribution in [3.63, 3.8) is 0 Å². The number of hydrogen-bond acceptors (Lipinski definition) is 3. The number of halogens is 3. The number of thioether (sulfide) groups is 1. The van der Waals surface area contributed by atoms with Gasteiger partial charge in [0.1, 0.15) is 0 Å². The Balaban J connectivity index is 2.29. The van der Waals surface area contributed by atoms with E-state index in [0.29, 0.717) is 12.8 Å². The highest BCUT2D eigenvalue weighted by molar-refractivity contribution is 8.00. The second-order valence-corrected chi connectivity index (χ2v) is 6.21. The lowest BCUT2D eigenvalue weighted by molar-refractivity contribution is -0.150. The quantitative estimate of drug-likeness (QED) is 0.655. The number of nitrogens with one attached hydrogen (secondary N) is 2. The molecule has 0 saturated heterocycles. The maximum Gasteiger partial charge on any atom is 0.441 e. The van der Waals surface area contributed by atoms with Crippen LogP contribution >= 0.6 is 11.8 Å². The van der Waals surface area contributed by atoms with Crippen molar-refractivity contribution in [2.75, 3.05) is 18.8 Å². The number of hydrogen-bond donors (Lipinski definition) is 3. The van der Waals surface area contributed by atoms with Gasteiger partial charge < -0.3 is 15.7 Å². The number of carboxylic acid groups (broad SMARTS) is 1. The molecule has 2 amide bonds. The van der Waals surface area contributed by atoms with E-state index >= 15 is 0 Å². The first-order chi connectivity index (χ1) is 9.75. The highest BCUT2D eigenvalue weighted by Crippen LogP contribution is 2.36. The molecule has 1 saturated carbocycles. The molecule has 3 N–H and O–H groups in total. The van der Waals surface area contributed by atoms with Crippen LogP contribution in [0, 0.1) is 5.41 Å². The van der Waals surface area contributed by atoms with Gasteiger partial charge in [-0.25, -0.2) is 4.79 Å². The average Bonchev–Trinajstić information content (AvgIpc) is 2.41. The third kappa shape index (κ3) is 6.45. The van der Waals surface area contributed by atoms with E-state index in [-0.39, 0.29) is 30.6 Å². The lowest BCUT2D eigenvalue weighted by atomic mass is 9.74. The summed E-state index contributed by atoms with van der Waals surface area (Å²) >= 11 is -0.211. The molecule has 0 radical (unpaired) electrons. The third-order valence-electron chi connectivity index (χ3n) is 3.51. The predicted molar refractivity (Wildman–Crippen MR) is 73.1 cm³/mol. The summed E-state index contributed by atoms with van der Waals surface area (Å²) in [7, 11) is 0. The fraction of sp³-hybridized carbons (Fsp3) is 0.833. The molecule has 0 aliphatic heterocycles. The summed E-state index contributed by atoms with van der Waals surface area (Å²) < 4.78 is 35.6. The highest BCUT2D eigenvalue weighted by atomic mass is 32.2. The molecule has 0 aromatic heterocycles. The first-order valence-corrected chi connectivity index (χ1v) is 7.69. The zero-order valence-electron chi connectivity index (χ0n) is 11.5. The van der Waals surface area contributed by atoms with E-state index in [9.17, 15) is 27.9 Å². The molecule has 0 aromatic carbocycles. The fourth-order valence-electron chi connectivity index (χ4n) is 2.34. The molecule has 0 aromatic rings. The van der Waals surface area contributed by atoms with Crippen molar-refractivity contribution in [1.29, 1.82) is 0 Å². The summed E-state index contributed by atoms with van der Waals surface area (Å²) in [6.45, 7) is -0.128. The molecular formula is C12H19F3N2O3S. The second-order valence-electron chi connectivity index (χ2n) is 5.05. The van der Waals surface area contributed by atoms with Crippen molar-refractivity contribution in [3.8, 4) is 0 Å². The summed E-state index contributed by atoms with van der Waals surface area (Å²) in [5, 5.41) is 14.0. The molecule has 1 aliphatic rings. The van der Waals surface area contributed by atoms with Crippen LogP contribution in [0.5, 0.6) is 0 Å². The van der Waals surface area contributed by atoms with E-state index in [1.165, 1.54) is 0 Å². The number of carboxylic acids is 1. The molecular weight excluding hydrogens is 309 g/mol. The largest absolute Gasteiger partial charge is 0.481 e. The summed E-state index contributed by atoms with van der Waals surface area (Å²) in [6, 6.07) is -0.635. The predicted octanol–water partition coefficient (Wildman–Crippen LogP) is 2.57. The Morgan fingerprint density at radius 1 is 1.14 bits per heavy atom. The van der Waals surface area contributed by atoms with Gasteiger partial charge in [0, 0.05) is 18.8 Å². The van der Waals surface area contributed by atoms with E-state index in [1.807, 2.05) is 0 Å². The average molecular weight is 328 g/mol. The molecule has 0 spiro atoms. The molecule has 1 aliphatic carbocycles. The van der Waals surface area contributed by atoms with E-state index in [4.69, 9.17) is 0 Å². The maximum atomic E-state index is 11.9. The van der Waals surface area contributed by atoms with E-state index < -0.39 is 22.9 Å². The molecule has 122 valence electrons. The van der Waals surface area contributed by atoms with Crippen LogP contribution in [0.4, 0.5) is 18.0 Å². The standard InChI is InChI=1S/C12H19F3N2O3S/c13-12(14,15)21-7-6-16-10(20)17-8-11(9(18)19)4-2-1-3-5-11/h1-8H2,(H,18,19)(H2,16,17,20). The number of carbonyl (C=O) groups is 2. The Morgan fingerprint density at radius 2 is 1.76 bits per heavy atom. The van der Waals surface area contributed by atoms with E-state index in [2.05, 4.69) is 10.6 Å². The Labute approximate surface area is 125 Å². The maximum absolute atomic E-state index is 11.9. The second kappa shape index (κ2) is 7.77. The van der Waals surface area contributed by atoms with Crippen molar-refractivity contribution in [2.24, 2.45) is 5.41 Å². The topological polar surface area (TPSA) is 78.4 Å². The van der Waals surface area contributed by atoms with Crippen molar-refractivity contribution in [2.45, 2.75) is 37.6 Å². The number of aliphatic carboxylic acids is 1. The zero-order valence-corrected chi connectivity index (χ0v) is 12.3. The van der Waals surface area contributed by atoms with Gasteiger partial charge in [0.15, 0.2) is 0 Å². The van der Waals surface area contributed by atoms with Crippen molar-refractivity contribution in [3.05, 3.63) is 0 Å². The van der Waals surface area contributed by atoms with Crippen molar-refractivity contribution in [1.82, 2.24) is 10.6 Å². The highest BCUT2D eigenvalue weighted by Gasteiger charge is 2.39. The lowest BCUT2D eigenvalue weighted by Crippen LogP contribution is -2.47. The Kier molecular flexibility index (Phi) is 6.63. The minimum absolute atomic E-state index is 0.000576. The Bertz CT molecular complexity index is 371. The third-order valence-corrected chi connectivity index (χ3v) is 4.24. The van der Waals surface area contributed by atoms with Gasteiger partial charge in [-0.2, -0.15) is 13.2 Å². The van der Waals surface area contributed by atoms with Crippen molar-refractivity contribution < 1.29 is 27.9 Å². The number of rotatable bonds is 6. The van der Waals surface area contributed by atoms with Gasteiger partial charge in [-0.3, -0.25) is 4.79 Å². The molecule has 0 bridgehead atoms. The summed E-state index contributed by atoms with van der Waals surface area (Å²) in [5.41, 5.74) is -5.26. The molecule has 21 heavy (non-hydrogen) atoms. The smallest absolute Gasteiger partial charge is 0.441 e. The van der Waals surface area contributed by atoms with Crippen LogP contribution in [0.3, 0.4) is 0 Å². The van der Waals surface area contributed by atoms with Gasteiger partial charge in [-0.15, -0.1) is 0 Å². The van der Waals surface area contributed by atoms with Gasteiger partial charge >= 0.3 is 17.5 Å². The normalized spacial score (nSPS) is 18.0.